The number of nitriles is 1. The normalized spacial score (nSPS) is 11.9. The van der Waals surface area contributed by atoms with Gasteiger partial charge < -0.3 is 5.32 Å². The molecule has 0 saturated heterocycles. The van der Waals surface area contributed by atoms with E-state index in [0.717, 1.165) is 10.0 Å². The van der Waals surface area contributed by atoms with Crippen molar-refractivity contribution < 1.29 is 4.39 Å². The lowest BCUT2D eigenvalue weighted by Crippen LogP contribution is -2.18. The Balaban J connectivity index is 2.05. The first-order valence-corrected chi connectivity index (χ1v) is 7.07. The Bertz CT molecular complexity index is 632. The topological polar surface area (TPSA) is 35.8 Å². The van der Waals surface area contributed by atoms with Gasteiger partial charge in [0.15, 0.2) is 0 Å². The van der Waals surface area contributed by atoms with Gasteiger partial charge in [0.05, 0.1) is 11.6 Å². The van der Waals surface area contributed by atoms with Crippen LogP contribution in [-0.4, -0.2) is 0 Å². The van der Waals surface area contributed by atoms with Crippen LogP contribution in [0.15, 0.2) is 46.9 Å². The molecule has 0 radical (unpaired) electrons. The summed E-state index contributed by atoms with van der Waals surface area (Å²) >= 11 is 3.40. The summed E-state index contributed by atoms with van der Waals surface area (Å²) in [4.78, 5) is 0. The maximum absolute atomic E-state index is 13.7. The van der Waals surface area contributed by atoms with E-state index in [0.29, 0.717) is 17.7 Å². The van der Waals surface area contributed by atoms with Gasteiger partial charge in [-0.1, -0.05) is 28.1 Å². The molecule has 1 atom stereocenters. The minimum Gasteiger partial charge on any atom is -0.306 e. The second-order valence-electron chi connectivity index (χ2n) is 4.57. The van der Waals surface area contributed by atoms with Gasteiger partial charge in [0.25, 0.3) is 0 Å². The fraction of sp³-hybridized carbons (Fsp3) is 0.188. The SMILES string of the molecule is C[C@@H](NCc1cc(C#N)ccc1F)c1ccc(Br)cc1. The summed E-state index contributed by atoms with van der Waals surface area (Å²) in [5.41, 5.74) is 2.11. The number of hydrogen-bond donors (Lipinski definition) is 1. The minimum atomic E-state index is -0.292. The van der Waals surface area contributed by atoms with Gasteiger partial charge in [-0.25, -0.2) is 4.39 Å². The zero-order chi connectivity index (χ0) is 14.5. The second-order valence-corrected chi connectivity index (χ2v) is 5.49. The third-order valence-electron chi connectivity index (χ3n) is 3.14. The minimum absolute atomic E-state index is 0.105. The summed E-state index contributed by atoms with van der Waals surface area (Å²) < 4.78 is 14.7. The van der Waals surface area contributed by atoms with Gasteiger partial charge in [-0.05, 0) is 42.8 Å². The van der Waals surface area contributed by atoms with E-state index in [1.165, 1.54) is 12.1 Å². The molecule has 4 heteroatoms. The van der Waals surface area contributed by atoms with Crippen LogP contribution in [0.3, 0.4) is 0 Å². The van der Waals surface area contributed by atoms with Gasteiger partial charge in [-0.2, -0.15) is 5.26 Å². The van der Waals surface area contributed by atoms with Crippen molar-refractivity contribution in [2.45, 2.75) is 19.5 Å². The molecule has 0 aliphatic rings. The van der Waals surface area contributed by atoms with Gasteiger partial charge >= 0.3 is 0 Å². The predicted molar refractivity (Wildman–Crippen MR) is 80.5 cm³/mol. The van der Waals surface area contributed by atoms with Crippen LogP contribution in [-0.2, 0) is 6.54 Å². The number of benzene rings is 2. The van der Waals surface area contributed by atoms with Crippen molar-refractivity contribution in [2.24, 2.45) is 0 Å². The van der Waals surface area contributed by atoms with Crippen LogP contribution < -0.4 is 5.32 Å². The van der Waals surface area contributed by atoms with Crippen molar-refractivity contribution in [3.8, 4) is 6.07 Å². The maximum atomic E-state index is 13.7. The number of rotatable bonds is 4. The first kappa shape index (κ1) is 14.7. The van der Waals surface area contributed by atoms with Crippen LogP contribution in [0.2, 0.25) is 0 Å². The van der Waals surface area contributed by atoms with E-state index in [4.69, 9.17) is 5.26 Å². The molecule has 0 aliphatic heterocycles. The Labute approximate surface area is 126 Å². The highest BCUT2D eigenvalue weighted by Crippen LogP contribution is 2.18. The molecule has 2 rings (SSSR count). The molecule has 102 valence electrons. The monoisotopic (exact) mass is 332 g/mol. The quantitative estimate of drug-likeness (QED) is 0.905. The average molecular weight is 333 g/mol. The van der Waals surface area contributed by atoms with Crippen molar-refractivity contribution in [1.82, 2.24) is 5.32 Å². The molecule has 0 fully saturated rings. The average Bonchev–Trinajstić information content (AvgIpc) is 2.47. The van der Waals surface area contributed by atoms with E-state index in [1.807, 2.05) is 37.3 Å². The van der Waals surface area contributed by atoms with Crippen molar-refractivity contribution in [2.75, 3.05) is 0 Å². The van der Waals surface area contributed by atoms with E-state index >= 15 is 0 Å². The van der Waals surface area contributed by atoms with Crippen molar-refractivity contribution >= 4 is 15.9 Å². The zero-order valence-corrected chi connectivity index (χ0v) is 12.6. The van der Waals surface area contributed by atoms with Gasteiger partial charge in [0, 0.05) is 22.6 Å². The van der Waals surface area contributed by atoms with Crippen molar-refractivity contribution in [3.05, 3.63) is 69.4 Å². The van der Waals surface area contributed by atoms with Gasteiger partial charge in [-0.3, -0.25) is 0 Å². The highest BCUT2D eigenvalue weighted by atomic mass is 79.9. The van der Waals surface area contributed by atoms with Gasteiger partial charge in [-0.15, -0.1) is 0 Å². The molecule has 0 aliphatic carbocycles. The van der Waals surface area contributed by atoms with Crippen LogP contribution >= 0.6 is 15.9 Å². The summed E-state index contributed by atoms with van der Waals surface area (Å²) in [5.74, 6) is -0.292. The Kier molecular flexibility index (Phi) is 4.89. The lowest BCUT2D eigenvalue weighted by Gasteiger charge is -2.15. The number of nitrogens with zero attached hydrogens (tertiary/aromatic N) is 1. The van der Waals surface area contributed by atoms with Crippen LogP contribution in [0.4, 0.5) is 4.39 Å². The standard InChI is InChI=1S/C16H14BrFN2/c1-11(13-3-5-15(17)6-4-13)20-10-14-8-12(9-19)2-7-16(14)18/h2-8,11,20H,10H2,1H3/t11-/m1/s1. The highest BCUT2D eigenvalue weighted by Gasteiger charge is 2.08. The molecule has 0 saturated carbocycles. The molecule has 0 aromatic heterocycles. The molecular formula is C16H14BrFN2. The van der Waals surface area contributed by atoms with Gasteiger partial charge in [0.2, 0.25) is 0 Å². The molecule has 2 aromatic carbocycles. The maximum Gasteiger partial charge on any atom is 0.127 e. The first-order chi connectivity index (χ1) is 9.60. The fourth-order valence-electron chi connectivity index (χ4n) is 1.91. The van der Waals surface area contributed by atoms with Crippen LogP contribution in [0.1, 0.15) is 29.7 Å². The van der Waals surface area contributed by atoms with Crippen molar-refractivity contribution in [1.29, 1.82) is 5.26 Å². The molecule has 0 spiro atoms. The third kappa shape index (κ3) is 3.66. The molecule has 0 unspecified atom stereocenters. The second kappa shape index (κ2) is 6.65. The summed E-state index contributed by atoms with van der Waals surface area (Å²) in [6.07, 6.45) is 0. The van der Waals surface area contributed by atoms with Crippen LogP contribution in [0.25, 0.3) is 0 Å². The molecule has 2 nitrogen and oxygen atoms in total. The van der Waals surface area contributed by atoms with E-state index in [2.05, 4.69) is 21.2 Å². The van der Waals surface area contributed by atoms with E-state index in [1.54, 1.807) is 6.07 Å². The molecule has 20 heavy (non-hydrogen) atoms. The van der Waals surface area contributed by atoms with Crippen LogP contribution in [0, 0.1) is 17.1 Å². The molecule has 1 N–H and O–H groups in total. The van der Waals surface area contributed by atoms with Gasteiger partial charge in [0.1, 0.15) is 5.82 Å². The molecule has 0 heterocycles. The Morgan fingerprint density at radius 2 is 1.95 bits per heavy atom. The predicted octanol–water partition coefficient (Wildman–Crippen LogP) is 4.31. The van der Waals surface area contributed by atoms with Crippen molar-refractivity contribution in [3.63, 3.8) is 0 Å². The number of nitrogens with one attached hydrogen (secondary N) is 1. The number of hydrogen-bond acceptors (Lipinski definition) is 2. The summed E-state index contributed by atoms with van der Waals surface area (Å²) in [7, 11) is 0. The Morgan fingerprint density at radius 1 is 1.25 bits per heavy atom. The fourth-order valence-corrected chi connectivity index (χ4v) is 2.18. The Hall–Kier alpha value is -1.70. The molecule has 2 aromatic rings. The van der Waals surface area contributed by atoms with E-state index in [9.17, 15) is 4.39 Å². The Morgan fingerprint density at radius 3 is 2.60 bits per heavy atom. The largest absolute Gasteiger partial charge is 0.306 e. The summed E-state index contributed by atoms with van der Waals surface area (Å²) in [5, 5.41) is 12.1. The summed E-state index contributed by atoms with van der Waals surface area (Å²) in [6, 6.07) is 14.5. The molecule has 0 amide bonds. The zero-order valence-electron chi connectivity index (χ0n) is 11.0. The third-order valence-corrected chi connectivity index (χ3v) is 3.67. The van der Waals surface area contributed by atoms with Crippen LogP contribution in [0.5, 0.6) is 0 Å². The highest BCUT2D eigenvalue weighted by molar-refractivity contribution is 9.10. The van der Waals surface area contributed by atoms with E-state index in [-0.39, 0.29) is 11.9 Å². The lowest BCUT2D eigenvalue weighted by atomic mass is 10.1. The molecular weight excluding hydrogens is 319 g/mol. The smallest absolute Gasteiger partial charge is 0.127 e. The first-order valence-electron chi connectivity index (χ1n) is 6.27. The summed E-state index contributed by atoms with van der Waals surface area (Å²) in [6.45, 7) is 2.41. The molecule has 0 bridgehead atoms. The number of halogens is 2. The lowest BCUT2D eigenvalue weighted by molar-refractivity contribution is 0.544. The van der Waals surface area contributed by atoms with E-state index < -0.39 is 0 Å².